The molecule has 138 valence electrons. The summed E-state index contributed by atoms with van der Waals surface area (Å²) in [6.45, 7) is 2.36. The third-order valence-corrected chi connectivity index (χ3v) is 5.96. The largest absolute Gasteiger partial charge is 0.467 e. The number of aromatic nitrogens is 2. The highest BCUT2D eigenvalue weighted by atomic mass is 32.1. The predicted octanol–water partition coefficient (Wildman–Crippen LogP) is 3.16. The number of fused-ring (bicyclic) bond motifs is 3. The number of thiophene rings is 1. The van der Waals surface area contributed by atoms with Crippen molar-refractivity contribution < 1.29 is 9.52 Å². The molecule has 3 aromatic heterocycles. The zero-order chi connectivity index (χ0) is 18.1. The summed E-state index contributed by atoms with van der Waals surface area (Å²) in [6.07, 6.45) is 6.57. The Morgan fingerprint density at radius 2 is 2.23 bits per heavy atom. The molecule has 6 nitrogen and oxygen atoms in total. The van der Waals surface area contributed by atoms with Crippen LogP contribution in [0.1, 0.15) is 42.4 Å². The van der Waals surface area contributed by atoms with Gasteiger partial charge in [-0.3, -0.25) is 9.36 Å². The van der Waals surface area contributed by atoms with E-state index >= 15 is 0 Å². The summed E-state index contributed by atoms with van der Waals surface area (Å²) in [7, 11) is 0. The second-order valence-electron chi connectivity index (χ2n) is 6.88. The van der Waals surface area contributed by atoms with E-state index in [2.05, 4.69) is 5.32 Å². The minimum Gasteiger partial charge on any atom is -0.467 e. The van der Waals surface area contributed by atoms with Gasteiger partial charge in [0, 0.05) is 11.4 Å². The van der Waals surface area contributed by atoms with Crippen molar-refractivity contribution in [1.82, 2.24) is 9.55 Å². The summed E-state index contributed by atoms with van der Waals surface area (Å²) in [6, 6.07) is 3.66. The molecule has 0 radical (unpaired) electrons. The Kier molecular flexibility index (Phi) is 4.82. The molecule has 26 heavy (non-hydrogen) atoms. The highest BCUT2D eigenvalue weighted by Gasteiger charge is 2.22. The molecule has 3 heterocycles. The first-order valence-corrected chi connectivity index (χ1v) is 9.94. The predicted molar refractivity (Wildman–Crippen MR) is 103 cm³/mol. The lowest BCUT2D eigenvalue weighted by molar-refractivity contribution is 0.208. The van der Waals surface area contributed by atoms with E-state index in [1.807, 2.05) is 12.1 Å². The van der Waals surface area contributed by atoms with Crippen molar-refractivity contribution in [2.24, 2.45) is 0 Å². The lowest BCUT2D eigenvalue weighted by atomic mass is 10.1. The van der Waals surface area contributed by atoms with Gasteiger partial charge in [-0.1, -0.05) is 6.42 Å². The molecule has 0 aromatic carbocycles. The van der Waals surface area contributed by atoms with E-state index in [4.69, 9.17) is 9.40 Å². The van der Waals surface area contributed by atoms with Gasteiger partial charge in [-0.2, -0.15) is 0 Å². The Balaban J connectivity index is 1.86. The summed E-state index contributed by atoms with van der Waals surface area (Å²) >= 11 is 1.64. The van der Waals surface area contributed by atoms with Gasteiger partial charge in [0.05, 0.1) is 24.3 Å². The minimum atomic E-state index is -0.528. The molecule has 0 fully saturated rings. The molecule has 0 bridgehead atoms. The lowest BCUT2D eigenvalue weighted by Gasteiger charge is -2.14. The molecule has 0 aliphatic heterocycles. The molecule has 0 saturated carbocycles. The second-order valence-corrected chi connectivity index (χ2v) is 7.96. The van der Waals surface area contributed by atoms with Crippen LogP contribution >= 0.6 is 11.3 Å². The maximum atomic E-state index is 13.4. The van der Waals surface area contributed by atoms with Crippen LogP contribution in [0.2, 0.25) is 0 Å². The molecule has 3 aromatic rings. The number of hydrogen-bond donors (Lipinski definition) is 2. The number of nitrogens with zero attached hydrogens (tertiary/aromatic N) is 2. The zero-order valence-electron chi connectivity index (χ0n) is 14.8. The summed E-state index contributed by atoms with van der Waals surface area (Å²) in [5.41, 5.74) is 1.16. The number of furan rings is 1. The monoisotopic (exact) mass is 373 g/mol. The van der Waals surface area contributed by atoms with Crippen molar-refractivity contribution in [2.75, 3.05) is 11.9 Å². The highest BCUT2D eigenvalue weighted by molar-refractivity contribution is 7.18. The molecular formula is C19H23N3O3S. The molecule has 7 heteroatoms. The molecule has 1 atom stereocenters. The number of aryl methyl sites for hydroxylation is 2. The van der Waals surface area contributed by atoms with Crippen molar-refractivity contribution in [2.45, 2.75) is 51.7 Å². The number of rotatable bonds is 5. The first-order chi connectivity index (χ1) is 12.6. The van der Waals surface area contributed by atoms with Gasteiger partial charge in [0.2, 0.25) is 5.95 Å². The van der Waals surface area contributed by atoms with Gasteiger partial charge < -0.3 is 14.8 Å². The third-order valence-electron chi connectivity index (χ3n) is 4.77. The molecule has 0 unspecified atom stereocenters. The maximum absolute atomic E-state index is 13.4. The van der Waals surface area contributed by atoms with Crippen molar-refractivity contribution in [3.63, 3.8) is 0 Å². The number of anilines is 1. The van der Waals surface area contributed by atoms with Crippen LogP contribution in [0.15, 0.2) is 27.6 Å². The Labute approximate surface area is 155 Å². The van der Waals surface area contributed by atoms with Crippen LogP contribution in [0.5, 0.6) is 0 Å². The fourth-order valence-corrected chi connectivity index (χ4v) is 4.75. The summed E-state index contributed by atoms with van der Waals surface area (Å²) in [5, 5.41) is 13.5. The Morgan fingerprint density at radius 3 is 3.00 bits per heavy atom. The lowest BCUT2D eigenvalue weighted by Crippen LogP contribution is -2.28. The third kappa shape index (κ3) is 3.29. The van der Waals surface area contributed by atoms with E-state index in [-0.39, 0.29) is 5.56 Å². The standard InChI is InChI=1S/C19H23N3O3S/c1-12(23)10-20-19-21-17-16(14-7-3-2-4-8-15(14)26-17)18(24)22(19)11-13-6-5-9-25-13/h5-6,9,12,23H,2-4,7-8,10-11H2,1H3,(H,20,21)/t12-/m1/s1. The highest BCUT2D eigenvalue weighted by Crippen LogP contribution is 2.33. The van der Waals surface area contributed by atoms with Crippen molar-refractivity contribution in [3.8, 4) is 0 Å². The Hall–Kier alpha value is -2.12. The summed E-state index contributed by atoms with van der Waals surface area (Å²) < 4.78 is 7.06. The van der Waals surface area contributed by atoms with Crippen LogP contribution in [-0.2, 0) is 19.4 Å². The minimum absolute atomic E-state index is 0.0288. The van der Waals surface area contributed by atoms with Gasteiger partial charge in [-0.15, -0.1) is 11.3 Å². The maximum Gasteiger partial charge on any atom is 0.264 e. The van der Waals surface area contributed by atoms with E-state index in [1.165, 1.54) is 23.3 Å². The van der Waals surface area contributed by atoms with E-state index in [0.717, 1.165) is 29.5 Å². The molecule has 1 aliphatic carbocycles. The Morgan fingerprint density at radius 1 is 1.38 bits per heavy atom. The van der Waals surface area contributed by atoms with Crippen molar-refractivity contribution >= 4 is 27.5 Å². The smallest absolute Gasteiger partial charge is 0.264 e. The SMILES string of the molecule is C[C@@H](O)CNc1nc2sc3c(c2c(=O)n1Cc1ccco1)CCCCC3. The number of hydrogen-bond acceptors (Lipinski definition) is 6. The van der Waals surface area contributed by atoms with Crippen LogP contribution in [0.25, 0.3) is 10.2 Å². The van der Waals surface area contributed by atoms with Gasteiger partial charge in [0.15, 0.2) is 0 Å². The van der Waals surface area contributed by atoms with Crippen LogP contribution in [0.4, 0.5) is 5.95 Å². The van der Waals surface area contributed by atoms with E-state index < -0.39 is 6.10 Å². The quantitative estimate of drug-likeness (QED) is 0.672. The van der Waals surface area contributed by atoms with E-state index in [1.54, 1.807) is 29.1 Å². The average molecular weight is 373 g/mol. The fourth-order valence-electron chi connectivity index (χ4n) is 3.49. The average Bonchev–Trinajstić information content (AvgIpc) is 3.18. The van der Waals surface area contributed by atoms with Gasteiger partial charge in [-0.05, 0) is 50.3 Å². The Bertz CT molecular complexity index is 957. The number of aliphatic hydroxyl groups is 1. The molecule has 2 N–H and O–H groups in total. The normalized spacial score (nSPS) is 15.6. The second kappa shape index (κ2) is 7.25. The van der Waals surface area contributed by atoms with Gasteiger partial charge >= 0.3 is 0 Å². The first-order valence-electron chi connectivity index (χ1n) is 9.13. The van der Waals surface area contributed by atoms with Crippen molar-refractivity contribution in [3.05, 3.63) is 45.0 Å². The first kappa shape index (κ1) is 17.3. The number of nitrogens with one attached hydrogen (secondary N) is 1. The van der Waals surface area contributed by atoms with Crippen LogP contribution in [0.3, 0.4) is 0 Å². The molecule has 0 saturated heterocycles. The molecule has 4 rings (SSSR count). The van der Waals surface area contributed by atoms with E-state index in [9.17, 15) is 9.90 Å². The van der Waals surface area contributed by atoms with Gasteiger partial charge in [-0.25, -0.2) is 4.98 Å². The summed E-state index contributed by atoms with van der Waals surface area (Å²) in [4.78, 5) is 20.2. The molecule has 0 amide bonds. The van der Waals surface area contributed by atoms with Gasteiger partial charge in [0.25, 0.3) is 5.56 Å². The fraction of sp³-hybridized carbons (Fsp3) is 0.474. The molecule has 0 spiro atoms. The van der Waals surface area contributed by atoms with Crippen LogP contribution < -0.4 is 10.9 Å². The van der Waals surface area contributed by atoms with Crippen LogP contribution in [-0.4, -0.2) is 27.3 Å². The zero-order valence-corrected chi connectivity index (χ0v) is 15.6. The van der Waals surface area contributed by atoms with E-state index in [0.29, 0.717) is 24.8 Å². The topological polar surface area (TPSA) is 80.3 Å². The molecule has 1 aliphatic rings. The van der Waals surface area contributed by atoms with Gasteiger partial charge in [0.1, 0.15) is 10.6 Å². The number of aliphatic hydroxyl groups excluding tert-OH is 1. The van der Waals surface area contributed by atoms with Crippen LogP contribution in [0, 0.1) is 0 Å². The summed E-state index contributed by atoms with van der Waals surface area (Å²) in [5.74, 6) is 1.19. The van der Waals surface area contributed by atoms with Crippen molar-refractivity contribution in [1.29, 1.82) is 0 Å². The molecular weight excluding hydrogens is 350 g/mol.